The molecule has 2 aromatic rings. The minimum atomic E-state index is 0.421. The normalized spacial score (nSPS) is 18.5. The molecule has 19 heavy (non-hydrogen) atoms. The third kappa shape index (κ3) is 2.72. The summed E-state index contributed by atoms with van der Waals surface area (Å²) in [7, 11) is 0. The zero-order valence-electron chi connectivity index (χ0n) is 11.4. The SMILES string of the molecule is CCc1ncc(CNC2CCCc3nc(C)sc32)o1. The molecule has 0 spiro atoms. The Labute approximate surface area is 117 Å². The molecule has 0 amide bonds. The second-order valence-electron chi connectivity index (χ2n) is 4.94. The number of rotatable bonds is 4. The molecular weight excluding hydrogens is 258 g/mol. The lowest BCUT2D eigenvalue weighted by Crippen LogP contribution is -2.23. The van der Waals surface area contributed by atoms with E-state index in [1.807, 2.05) is 17.5 Å². The fourth-order valence-corrected chi connectivity index (χ4v) is 3.64. The quantitative estimate of drug-likeness (QED) is 0.932. The van der Waals surface area contributed by atoms with Gasteiger partial charge in [0.1, 0.15) is 5.76 Å². The summed E-state index contributed by atoms with van der Waals surface area (Å²) in [5.41, 5.74) is 1.29. The maximum atomic E-state index is 5.63. The zero-order chi connectivity index (χ0) is 13.2. The highest BCUT2D eigenvalue weighted by molar-refractivity contribution is 7.11. The van der Waals surface area contributed by atoms with Crippen LogP contribution in [0.5, 0.6) is 0 Å². The van der Waals surface area contributed by atoms with Crippen LogP contribution >= 0.6 is 11.3 Å². The van der Waals surface area contributed by atoms with Crippen molar-refractivity contribution in [3.63, 3.8) is 0 Å². The first-order valence-corrected chi connectivity index (χ1v) is 7.71. The minimum Gasteiger partial charge on any atom is -0.444 e. The zero-order valence-corrected chi connectivity index (χ0v) is 12.2. The summed E-state index contributed by atoms with van der Waals surface area (Å²) in [6.45, 7) is 4.88. The van der Waals surface area contributed by atoms with Crippen LogP contribution in [-0.2, 0) is 19.4 Å². The lowest BCUT2D eigenvalue weighted by Gasteiger charge is -2.21. The molecule has 0 aromatic carbocycles. The van der Waals surface area contributed by atoms with Crippen LogP contribution in [0.15, 0.2) is 10.6 Å². The highest BCUT2D eigenvalue weighted by atomic mass is 32.1. The number of aryl methyl sites for hydroxylation is 3. The number of hydrogen-bond acceptors (Lipinski definition) is 5. The summed E-state index contributed by atoms with van der Waals surface area (Å²) in [5, 5.41) is 4.75. The molecule has 0 saturated heterocycles. The number of thiazole rings is 1. The standard InChI is InChI=1S/C14H19N3OS/c1-3-13-16-8-10(18-13)7-15-11-5-4-6-12-14(11)19-9(2)17-12/h8,11,15H,3-7H2,1-2H3. The fourth-order valence-electron chi connectivity index (χ4n) is 2.55. The lowest BCUT2D eigenvalue weighted by molar-refractivity contribution is 0.404. The monoisotopic (exact) mass is 277 g/mol. The first kappa shape index (κ1) is 12.8. The van der Waals surface area contributed by atoms with Gasteiger partial charge in [0.15, 0.2) is 5.89 Å². The van der Waals surface area contributed by atoms with Gasteiger partial charge in [-0.15, -0.1) is 11.3 Å². The van der Waals surface area contributed by atoms with Crippen LogP contribution in [0.4, 0.5) is 0 Å². The maximum absolute atomic E-state index is 5.63. The van der Waals surface area contributed by atoms with Gasteiger partial charge >= 0.3 is 0 Å². The summed E-state index contributed by atoms with van der Waals surface area (Å²) in [4.78, 5) is 10.3. The van der Waals surface area contributed by atoms with Crippen LogP contribution in [-0.4, -0.2) is 9.97 Å². The second-order valence-corrected chi connectivity index (χ2v) is 6.18. The van der Waals surface area contributed by atoms with Crippen LogP contribution in [0, 0.1) is 6.92 Å². The van der Waals surface area contributed by atoms with E-state index in [1.165, 1.54) is 28.4 Å². The van der Waals surface area contributed by atoms with Gasteiger partial charge in [-0.2, -0.15) is 0 Å². The molecule has 1 N–H and O–H groups in total. The van der Waals surface area contributed by atoms with Crippen molar-refractivity contribution in [2.45, 2.75) is 52.1 Å². The third-order valence-electron chi connectivity index (χ3n) is 3.48. The van der Waals surface area contributed by atoms with Gasteiger partial charge in [0.05, 0.1) is 23.4 Å². The second kappa shape index (κ2) is 5.43. The molecule has 0 aliphatic heterocycles. The van der Waals surface area contributed by atoms with Crippen molar-refractivity contribution in [3.8, 4) is 0 Å². The van der Waals surface area contributed by atoms with Gasteiger partial charge < -0.3 is 9.73 Å². The molecule has 1 aliphatic rings. The van der Waals surface area contributed by atoms with Gasteiger partial charge in [-0.05, 0) is 26.2 Å². The van der Waals surface area contributed by atoms with Crippen molar-refractivity contribution in [3.05, 3.63) is 33.4 Å². The molecule has 0 saturated carbocycles. The highest BCUT2D eigenvalue weighted by Gasteiger charge is 2.23. The summed E-state index contributed by atoms with van der Waals surface area (Å²) < 4.78 is 5.63. The minimum absolute atomic E-state index is 0.421. The van der Waals surface area contributed by atoms with E-state index in [0.717, 1.165) is 31.0 Å². The molecule has 0 bridgehead atoms. The number of nitrogens with one attached hydrogen (secondary N) is 1. The van der Waals surface area contributed by atoms with Crippen LogP contribution < -0.4 is 5.32 Å². The number of nitrogens with zero attached hydrogens (tertiary/aromatic N) is 2. The Bertz CT molecular complexity index is 561. The van der Waals surface area contributed by atoms with Gasteiger partial charge in [-0.1, -0.05) is 6.92 Å². The van der Waals surface area contributed by atoms with E-state index in [-0.39, 0.29) is 0 Å². The van der Waals surface area contributed by atoms with Crippen molar-refractivity contribution in [1.82, 2.24) is 15.3 Å². The summed E-state index contributed by atoms with van der Waals surface area (Å²) in [6, 6.07) is 0.421. The topological polar surface area (TPSA) is 51.0 Å². The van der Waals surface area contributed by atoms with E-state index in [1.54, 1.807) is 0 Å². The van der Waals surface area contributed by atoms with Gasteiger partial charge in [-0.3, -0.25) is 0 Å². The molecule has 5 heteroatoms. The molecule has 1 aliphatic carbocycles. The van der Waals surface area contributed by atoms with Crippen molar-refractivity contribution in [2.24, 2.45) is 0 Å². The molecular formula is C14H19N3OS. The van der Waals surface area contributed by atoms with Gasteiger partial charge in [0.25, 0.3) is 0 Å². The fraction of sp³-hybridized carbons (Fsp3) is 0.571. The van der Waals surface area contributed by atoms with Crippen molar-refractivity contribution >= 4 is 11.3 Å². The van der Waals surface area contributed by atoms with Crippen molar-refractivity contribution in [1.29, 1.82) is 0 Å². The van der Waals surface area contributed by atoms with Crippen LogP contribution in [0.1, 0.15) is 53.0 Å². The maximum Gasteiger partial charge on any atom is 0.194 e. The van der Waals surface area contributed by atoms with Crippen molar-refractivity contribution in [2.75, 3.05) is 0 Å². The molecule has 1 unspecified atom stereocenters. The smallest absolute Gasteiger partial charge is 0.194 e. The number of oxazole rings is 1. The average Bonchev–Trinajstić information content (AvgIpc) is 3.01. The van der Waals surface area contributed by atoms with E-state index in [0.29, 0.717) is 6.04 Å². The lowest BCUT2D eigenvalue weighted by atomic mass is 9.98. The predicted octanol–water partition coefficient (Wildman–Crippen LogP) is 3.17. The molecule has 3 rings (SSSR count). The molecule has 4 nitrogen and oxygen atoms in total. The molecule has 102 valence electrons. The van der Waals surface area contributed by atoms with E-state index in [2.05, 4.69) is 29.1 Å². The Hall–Kier alpha value is -1.20. The Balaban J connectivity index is 1.67. The number of aromatic nitrogens is 2. The summed E-state index contributed by atoms with van der Waals surface area (Å²) in [6.07, 6.45) is 6.20. The van der Waals surface area contributed by atoms with Crippen LogP contribution in [0.25, 0.3) is 0 Å². The van der Waals surface area contributed by atoms with E-state index >= 15 is 0 Å². The van der Waals surface area contributed by atoms with E-state index in [4.69, 9.17) is 4.42 Å². The van der Waals surface area contributed by atoms with Crippen LogP contribution in [0.3, 0.4) is 0 Å². The molecule has 2 aromatic heterocycles. The molecule has 0 fully saturated rings. The number of hydrogen-bond donors (Lipinski definition) is 1. The van der Waals surface area contributed by atoms with Crippen molar-refractivity contribution < 1.29 is 4.42 Å². The van der Waals surface area contributed by atoms with E-state index in [9.17, 15) is 0 Å². The third-order valence-corrected chi connectivity index (χ3v) is 4.61. The predicted molar refractivity (Wildman–Crippen MR) is 75.3 cm³/mol. The summed E-state index contributed by atoms with van der Waals surface area (Å²) in [5.74, 6) is 1.74. The highest BCUT2D eigenvalue weighted by Crippen LogP contribution is 2.34. The first-order chi connectivity index (χ1) is 9.26. The Morgan fingerprint density at radius 3 is 3.21 bits per heavy atom. The Morgan fingerprint density at radius 1 is 1.53 bits per heavy atom. The van der Waals surface area contributed by atoms with Gasteiger partial charge in [0.2, 0.25) is 0 Å². The number of fused-ring (bicyclic) bond motifs is 1. The first-order valence-electron chi connectivity index (χ1n) is 6.89. The molecule has 2 heterocycles. The molecule has 1 atom stereocenters. The largest absolute Gasteiger partial charge is 0.444 e. The average molecular weight is 277 g/mol. The Morgan fingerprint density at radius 2 is 2.42 bits per heavy atom. The summed E-state index contributed by atoms with van der Waals surface area (Å²) >= 11 is 1.82. The Kier molecular flexibility index (Phi) is 3.66. The molecule has 0 radical (unpaired) electrons. The van der Waals surface area contributed by atoms with E-state index < -0.39 is 0 Å². The van der Waals surface area contributed by atoms with Crippen LogP contribution in [0.2, 0.25) is 0 Å². The van der Waals surface area contributed by atoms with Gasteiger partial charge in [-0.25, -0.2) is 9.97 Å². The van der Waals surface area contributed by atoms with Gasteiger partial charge in [0, 0.05) is 17.3 Å².